The number of hydrogen-bond donors (Lipinski definition) is 0. The van der Waals surface area contributed by atoms with E-state index in [9.17, 15) is 8.42 Å². The molecule has 1 aromatic heterocycles. The van der Waals surface area contributed by atoms with E-state index in [1.807, 2.05) is 0 Å². The molecule has 1 atom stereocenters. The normalized spacial score (nSPS) is 18.7. The molecule has 0 N–H and O–H groups in total. The molecule has 1 aliphatic rings. The largest absolute Gasteiger partial charge is 0.444 e. The number of rotatable bonds is 5. The van der Waals surface area contributed by atoms with Gasteiger partial charge in [0.1, 0.15) is 6.26 Å². The Labute approximate surface area is 134 Å². The zero-order valence-electron chi connectivity index (χ0n) is 11.9. The maximum absolute atomic E-state index is 12.2. The van der Waals surface area contributed by atoms with Gasteiger partial charge in [-0.3, -0.25) is 0 Å². The van der Waals surface area contributed by atoms with Crippen LogP contribution in [-0.4, -0.2) is 31.9 Å². The summed E-state index contributed by atoms with van der Waals surface area (Å²) in [7, 11) is -3.26. The van der Waals surface area contributed by atoms with Crippen LogP contribution < -0.4 is 0 Å². The highest BCUT2D eigenvalue weighted by Gasteiger charge is 2.24. The molecule has 2 heterocycles. The van der Waals surface area contributed by atoms with Gasteiger partial charge in [0, 0.05) is 17.2 Å². The number of sulfone groups is 1. The van der Waals surface area contributed by atoms with Crippen molar-refractivity contribution >= 4 is 21.4 Å². The number of nitrogens with zero attached hydrogens (tertiary/aromatic N) is 1. The molecule has 5 nitrogen and oxygen atoms in total. The Morgan fingerprint density at radius 3 is 2.73 bits per heavy atom. The summed E-state index contributed by atoms with van der Waals surface area (Å²) < 4.78 is 35.1. The van der Waals surface area contributed by atoms with Gasteiger partial charge in [0.05, 0.1) is 23.3 Å². The lowest BCUT2D eigenvalue weighted by molar-refractivity contribution is 0.127. The van der Waals surface area contributed by atoms with Crippen molar-refractivity contribution in [3.63, 3.8) is 0 Å². The van der Waals surface area contributed by atoms with Crippen LogP contribution in [0, 0.1) is 0 Å². The van der Waals surface area contributed by atoms with Crippen molar-refractivity contribution in [2.75, 3.05) is 12.4 Å². The van der Waals surface area contributed by atoms with Crippen molar-refractivity contribution in [2.24, 2.45) is 0 Å². The summed E-state index contributed by atoms with van der Waals surface area (Å²) in [4.78, 5) is 4.24. The van der Waals surface area contributed by atoms with E-state index in [-0.39, 0.29) is 17.6 Å². The van der Waals surface area contributed by atoms with Crippen LogP contribution in [-0.2, 0) is 20.3 Å². The molecule has 1 saturated heterocycles. The van der Waals surface area contributed by atoms with Crippen LogP contribution in [0.5, 0.6) is 0 Å². The van der Waals surface area contributed by atoms with Gasteiger partial charge < -0.3 is 9.15 Å². The highest BCUT2D eigenvalue weighted by molar-refractivity contribution is 7.90. The fourth-order valence-electron chi connectivity index (χ4n) is 2.44. The Morgan fingerprint density at radius 1 is 1.27 bits per heavy atom. The number of oxazole rings is 1. The van der Waals surface area contributed by atoms with Crippen molar-refractivity contribution in [3.8, 4) is 11.5 Å². The van der Waals surface area contributed by atoms with Crippen LogP contribution >= 0.6 is 11.6 Å². The smallest absolute Gasteiger partial charge is 0.226 e. The van der Waals surface area contributed by atoms with Crippen molar-refractivity contribution < 1.29 is 17.6 Å². The third-order valence-corrected chi connectivity index (χ3v) is 5.34. The molecule has 118 valence electrons. The minimum Gasteiger partial charge on any atom is -0.444 e. The molecule has 7 heteroatoms. The molecule has 0 aliphatic carbocycles. The van der Waals surface area contributed by atoms with E-state index in [1.54, 1.807) is 24.3 Å². The second-order valence-corrected chi connectivity index (χ2v) is 7.89. The second-order valence-electron chi connectivity index (χ2n) is 5.34. The average molecular weight is 342 g/mol. The van der Waals surface area contributed by atoms with Crippen molar-refractivity contribution in [1.29, 1.82) is 0 Å². The molecule has 22 heavy (non-hydrogen) atoms. The van der Waals surface area contributed by atoms with Crippen LogP contribution in [0.2, 0.25) is 5.02 Å². The lowest BCUT2D eigenvalue weighted by atomic mass is 10.2. The molecule has 0 bridgehead atoms. The molecule has 1 fully saturated rings. The quantitative estimate of drug-likeness (QED) is 0.835. The molecule has 2 aromatic rings. The Kier molecular flexibility index (Phi) is 4.52. The summed E-state index contributed by atoms with van der Waals surface area (Å²) >= 11 is 5.83. The van der Waals surface area contributed by atoms with Crippen molar-refractivity contribution in [2.45, 2.75) is 24.7 Å². The van der Waals surface area contributed by atoms with Gasteiger partial charge in [0.25, 0.3) is 0 Å². The topological polar surface area (TPSA) is 69.4 Å². The van der Waals surface area contributed by atoms with Gasteiger partial charge in [0.15, 0.2) is 9.84 Å². The summed E-state index contributed by atoms with van der Waals surface area (Å²) in [6, 6.07) is 7.02. The first-order valence-electron chi connectivity index (χ1n) is 7.04. The summed E-state index contributed by atoms with van der Waals surface area (Å²) in [5.74, 6) is 0.291. The highest BCUT2D eigenvalue weighted by atomic mass is 35.5. The number of halogens is 1. The summed E-state index contributed by atoms with van der Waals surface area (Å²) in [5.41, 5.74) is 1.16. The minimum atomic E-state index is -3.26. The standard InChI is InChI=1S/C15H16ClNO4S/c16-12-5-3-11(4-6-12)15-17-13(8-21-15)9-22(18,19)10-14-2-1-7-20-14/h3-6,8,14H,1-2,7,9-10H2. The summed E-state index contributed by atoms with van der Waals surface area (Å²) in [6.45, 7) is 0.644. The first-order chi connectivity index (χ1) is 10.5. The van der Waals surface area contributed by atoms with Crippen LogP contribution in [0.25, 0.3) is 11.5 Å². The highest BCUT2D eigenvalue weighted by Crippen LogP contribution is 2.22. The Balaban J connectivity index is 1.69. The van der Waals surface area contributed by atoms with Gasteiger partial charge >= 0.3 is 0 Å². The van der Waals surface area contributed by atoms with Gasteiger partial charge in [-0.1, -0.05) is 11.6 Å². The average Bonchev–Trinajstić information content (AvgIpc) is 3.10. The first kappa shape index (κ1) is 15.5. The third-order valence-electron chi connectivity index (χ3n) is 3.47. The predicted molar refractivity (Wildman–Crippen MR) is 83.4 cm³/mol. The van der Waals surface area contributed by atoms with Crippen molar-refractivity contribution in [1.82, 2.24) is 4.98 Å². The van der Waals surface area contributed by atoms with Crippen LogP contribution in [0.4, 0.5) is 0 Å². The monoisotopic (exact) mass is 341 g/mol. The summed E-state index contributed by atoms with van der Waals surface area (Å²) in [6.07, 6.45) is 2.92. The Morgan fingerprint density at radius 2 is 2.05 bits per heavy atom. The van der Waals surface area contributed by atoms with E-state index in [0.29, 0.717) is 23.2 Å². The predicted octanol–water partition coefficient (Wildman–Crippen LogP) is 3.09. The number of hydrogen-bond acceptors (Lipinski definition) is 5. The third kappa shape index (κ3) is 3.88. The second kappa shape index (κ2) is 6.40. The SMILES string of the molecule is O=S(=O)(Cc1coc(-c2ccc(Cl)cc2)n1)CC1CCCO1. The number of ether oxygens (including phenoxy) is 1. The maximum Gasteiger partial charge on any atom is 0.226 e. The molecule has 0 radical (unpaired) electrons. The number of aromatic nitrogens is 1. The maximum atomic E-state index is 12.2. The van der Waals surface area contributed by atoms with E-state index in [1.165, 1.54) is 6.26 Å². The van der Waals surface area contributed by atoms with Crippen LogP contribution in [0.1, 0.15) is 18.5 Å². The molecular weight excluding hydrogens is 326 g/mol. The van der Waals surface area contributed by atoms with E-state index in [4.69, 9.17) is 20.8 Å². The fourth-order valence-corrected chi connectivity index (χ4v) is 4.10. The molecule has 0 spiro atoms. The van der Waals surface area contributed by atoms with Crippen LogP contribution in [0.15, 0.2) is 34.9 Å². The zero-order chi connectivity index (χ0) is 15.6. The number of benzene rings is 1. The summed E-state index contributed by atoms with van der Waals surface area (Å²) in [5, 5.41) is 0.620. The minimum absolute atomic E-state index is 0.0378. The lowest BCUT2D eigenvalue weighted by Gasteiger charge is -2.08. The zero-order valence-corrected chi connectivity index (χ0v) is 13.4. The Bertz CT molecular complexity index is 733. The molecule has 1 unspecified atom stereocenters. The van der Waals surface area contributed by atoms with Crippen LogP contribution in [0.3, 0.4) is 0 Å². The first-order valence-corrected chi connectivity index (χ1v) is 9.24. The van der Waals surface area contributed by atoms with Gasteiger partial charge in [-0.15, -0.1) is 0 Å². The molecule has 3 rings (SSSR count). The molecule has 0 amide bonds. The van der Waals surface area contributed by atoms with Crippen molar-refractivity contribution in [3.05, 3.63) is 41.2 Å². The van der Waals surface area contributed by atoms with Gasteiger partial charge in [-0.05, 0) is 37.1 Å². The molecular formula is C15H16ClNO4S. The molecule has 1 aromatic carbocycles. The van der Waals surface area contributed by atoms with E-state index in [0.717, 1.165) is 18.4 Å². The van der Waals surface area contributed by atoms with Gasteiger partial charge in [0.2, 0.25) is 5.89 Å². The van der Waals surface area contributed by atoms with Gasteiger partial charge in [-0.25, -0.2) is 13.4 Å². The lowest BCUT2D eigenvalue weighted by Crippen LogP contribution is -2.21. The van der Waals surface area contributed by atoms with E-state index in [2.05, 4.69) is 4.98 Å². The molecule has 0 saturated carbocycles. The van der Waals surface area contributed by atoms with Gasteiger partial charge in [-0.2, -0.15) is 0 Å². The molecule has 1 aliphatic heterocycles. The Hall–Kier alpha value is -1.37. The van der Waals surface area contributed by atoms with E-state index >= 15 is 0 Å². The van der Waals surface area contributed by atoms with E-state index < -0.39 is 9.84 Å². The fraction of sp³-hybridized carbons (Fsp3) is 0.400.